The molecule has 7 nitrogen and oxygen atoms in total. The molecule has 6 N–H and O–H groups in total. The Morgan fingerprint density at radius 2 is 2.00 bits per heavy atom. The van der Waals surface area contributed by atoms with E-state index >= 15 is 0 Å². The number of amidine groups is 1. The smallest absolute Gasteiger partial charge is 0.259 e. The lowest BCUT2D eigenvalue weighted by molar-refractivity contribution is 0.0939. The number of rotatable bonds is 5. The third-order valence-electron chi connectivity index (χ3n) is 2.60. The molecule has 0 radical (unpaired) electrons. The molecule has 1 aromatic carbocycles. The van der Waals surface area contributed by atoms with Gasteiger partial charge in [-0.3, -0.25) is 4.79 Å². The number of phenols is 2. The van der Waals surface area contributed by atoms with Gasteiger partial charge in [-0.15, -0.1) is 0 Å². The molecule has 0 aliphatic heterocycles. The summed E-state index contributed by atoms with van der Waals surface area (Å²) in [7, 11) is 0. The number of amides is 1. The van der Waals surface area contributed by atoms with E-state index in [-0.39, 0.29) is 22.9 Å². The molecule has 0 fully saturated rings. The fraction of sp³-hybridized carbons (Fsp3) is 0.333. The molecule has 0 aromatic heterocycles. The summed E-state index contributed by atoms with van der Waals surface area (Å²) in [5.41, 5.74) is 5.22. The van der Waals surface area contributed by atoms with E-state index in [0.717, 1.165) is 0 Å². The molecule has 1 unspecified atom stereocenters. The van der Waals surface area contributed by atoms with Crippen LogP contribution in [0, 0.1) is 0 Å². The zero-order valence-electron chi connectivity index (χ0n) is 10.5. The second-order valence-electron chi connectivity index (χ2n) is 4.01. The number of nitrogens with two attached hydrogens (primary N) is 1. The van der Waals surface area contributed by atoms with Crippen LogP contribution >= 0.6 is 0 Å². The Bertz CT molecular complexity index is 468. The summed E-state index contributed by atoms with van der Waals surface area (Å²) in [5, 5.41) is 33.1. The number of benzene rings is 1. The number of hydrogen-bond donors (Lipinski definition) is 5. The van der Waals surface area contributed by atoms with Gasteiger partial charge in [0.1, 0.15) is 17.1 Å². The predicted octanol–water partition coefficient (Wildman–Crippen LogP) is 0.743. The van der Waals surface area contributed by atoms with Gasteiger partial charge in [0.05, 0.1) is 6.04 Å². The first-order chi connectivity index (χ1) is 9.01. The standard InChI is InChI=1S/C12H17N3O4/c1-2-4-7(11(13)15-19)14-12(18)10-8(16)5-3-6-9(10)17/h3,5-7,16-17,19H,2,4H2,1H3,(H2,13,15)(H,14,18). The third-order valence-corrected chi connectivity index (χ3v) is 2.60. The van der Waals surface area contributed by atoms with Gasteiger partial charge in [-0.2, -0.15) is 0 Å². The second-order valence-corrected chi connectivity index (χ2v) is 4.01. The zero-order chi connectivity index (χ0) is 14.4. The summed E-state index contributed by atoms with van der Waals surface area (Å²) in [5.74, 6) is -1.51. The molecule has 0 spiro atoms. The highest BCUT2D eigenvalue weighted by atomic mass is 16.4. The van der Waals surface area contributed by atoms with Crippen LogP contribution in [0.15, 0.2) is 23.4 Å². The fourth-order valence-electron chi connectivity index (χ4n) is 1.64. The zero-order valence-corrected chi connectivity index (χ0v) is 10.5. The minimum absolute atomic E-state index is 0.134. The van der Waals surface area contributed by atoms with Gasteiger partial charge >= 0.3 is 0 Å². The fourth-order valence-corrected chi connectivity index (χ4v) is 1.64. The Morgan fingerprint density at radius 1 is 1.42 bits per heavy atom. The van der Waals surface area contributed by atoms with Gasteiger partial charge in [-0.1, -0.05) is 24.6 Å². The van der Waals surface area contributed by atoms with Crippen molar-refractivity contribution in [2.45, 2.75) is 25.8 Å². The maximum Gasteiger partial charge on any atom is 0.259 e. The summed E-state index contributed by atoms with van der Waals surface area (Å²) in [4.78, 5) is 12.0. The van der Waals surface area contributed by atoms with Crippen molar-refractivity contribution in [3.8, 4) is 11.5 Å². The maximum absolute atomic E-state index is 12.0. The van der Waals surface area contributed by atoms with E-state index in [2.05, 4.69) is 10.5 Å². The van der Waals surface area contributed by atoms with Crippen LogP contribution in [0.4, 0.5) is 0 Å². The average Bonchev–Trinajstić information content (AvgIpc) is 2.37. The summed E-state index contributed by atoms with van der Waals surface area (Å²) < 4.78 is 0. The van der Waals surface area contributed by atoms with Crippen molar-refractivity contribution in [1.29, 1.82) is 0 Å². The van der Waals surface area contributed by atoms with Crippen molar-refractivity contribution in [3.63, 3.8) is 0 Å². The number of aromatic hydroxyl groups is 2. The van der Waals surface area contributed by atoms with Crippen molar-refractivity contribution in [1.82, 2.24) is 5.32 Å². The van der Waals surface area contributed by atoms with Crippen LogP contribution in [-0.2, 0) is 0 Å². The van der Waals surface area contributed by atoms with Crippen molar-refractivity contribution in [3.05, 3.63) is 23.8 Å². The molecule has 0 aliphatic rings. The normalized spacial score (nSPS) is 13.0. The highest BCUT2D eigenvalue weighted by Gasteiger charge is 2.21. The Labute approximate surface area is 110 Å². The van der Waals surface area contributed by atoms with Crippen LogP contribution in [0.1, 0.15) is 30.1 Å². The lowest BCUT2D eigenvalue weighted by Crippen LogP contribution is -2.44. The highest BCUT2D eigenvalue weighted by Crippen LogP contribution is 2.26. The summed E-state index contributed by atoms with van der Waals surface area (Å²) in [6, 6.07) is 3.32. The molecule has 0 saturated carbocycles. The SMILES string of the molecule is CCCC(NC(=O)c1c(O)cccc1O)/C(N)=N/O. The van der Waals surface area contributed by atoms with Gasteiger partial charge in [0.15, 0.2) is 5.84 Å². The Kier molecular flexibility index (Phi) is 4.99. The first kappa shape index (κ1) is 14.6. The molecule has 104 valence electrons. The third kappa shape index (κ3) is 3.51. The van der Waals surface area contributed by atoms with E-state index in [1.165, 1.54) is 18.2 Å². The first-order valence-corrected chi connectivity index (χ1v) is 5.80. The topological polar surface area (TPSA) is 128 Å². The Morgan fingerprint density at radius 3 is 2.47 bits per heavy atom. The summed E-state index contributed by atoms with van der Waals surface area (Å²) >= 11 is 0. The molecule has 0 saturated heterocycles. The molecule has 0 aliphatic carbocycles. The molecule has 1 aromatic rings. The molecular weight excluding hydrogens is 250 g/mol. The van der Waals surface area contributed by atoms with E-state index in [4.69, 9.17) is 10.9 Å². The molecule has 7 heteroatoms. The second kappa shape index (κ2) is 6.48. The van der Waals surface area contributed by atoms with Gasteiger partial charge in [-0.25, -0.2) is 0 Å². The predicted molar refractivity (Wildman–Crippen MR) is 69.3 cm³/mol. The van der Waals surface area contributed by atoms with E-state index in [0.29, 0.717) is 12.8 Å². The van der Waals surface area contributed by atoms with Gasteiger partial charge in [0, 0.05) is 0 Å². The van der Waals surface area contributed by atoms with Crippen molar-refractivity contribution in [2.24, 2.45) is 10.9 Å². The van der Waals surface area contributed by atoms with Gasteiger partial charge in [0.25, 0.3) is 5.91 Å². The lowest BCUT2D eigenvalue weighted by atomic mass is 10.1. The monoisotopic (exact) mass is 267 g/mol. The number of nitrogens with one attached hydrogen (secondary N) is 1. The molecule has 1 amide bonds. The number of phenolic OH excluding ortho intramolecular Hbond substituents is 2. The molecular formula is C12H17N3O4. The number of carbonyl (C=O) groups is 1. The van der Waals surface area contributed by atoms with Crippen LogP contribution in [-0.4, -0.2) is 33.2 Å². The minimum atomic E-state index is -0.694. The Balaban J connectivity index is 2.94. The molecule has 1 rings (SSSR count). The van der Waals surface area contributed by atoms with E-state index in [1.807, 2.05) is 6.92 Å². The molecule has 0 bridgehead atoms. The van der Waals surface area contributed by atoms with Crippen molar-refractivity contribution >= 4 is 11.7 Å². The summed E-state index contributed by atoms with van der Waals surface area (Å²) in [6.45, 7) is 1.88. The van der Waals surface area contributed by atoms with E-state index in [1.54, 1.807) is 0 Å². The van der Waals surface area contributed by atoms with Crippen molar-refractivity contribution < 1.29 is 20.2 Å². The number of nitrogens with zero attached hydrogens (tertiary/aromatic N) is 1. The summed E-state index contributed by atoms with van der Waals surface area (Å²) in [6.07, 6.45) is 1.17. The Hall–Kier alpha value is -2.44. The van der Waals surface area contributed by atoms with Gasteiger partial charge < -0.3 is 26.5 Å². The lowest BCUT2D eigenvalue weighted by Gasteiger charge is -2.17. The number of hydrogen-bond acceptors (Lipinski definition) is 5. The highest BCUT2D eigenvalue weighted by molar-refractivity contribution is 6.02. The largest absolute Gasteiger partial charge is 0.507 e. The van der Waals surface area contributed by atoms with E-state index < -0.39 is 11.9 Å². The van der Waals surface area contributed by atoms with Crippen molar-refractivity contribution in [2.75, 3.05) is 0 Å². The minimum Gasteiger partial charge on any atom is -0.507 e. The molecule has 0 heterocycles. The van der Waals surface area contributed by atoms with Gasteiger partial charge in [-0.05, 0) is 18.6 Å². The average molecular weight is 267 g/mol. The molecule has 19 heavy (non-hydrogen) atoms. The first-order valence-electron chi connectivity index (χ1n) is 5.80. The van der Waals surface area contributed by atoms with Crippen LogP contribution < -0.4 is 11.1 Å². The quantitative estimate of drug-likeness (QED) is 0.233. The number of oxime groups is 1. The van der Waals surface area contributed by atoms with Crippen LogP contribution in [0.25, 0.3) is 0 Å². The van der Waals surface area contributed by atoms with E-state index in [9.17, 15) is 15.0 Å². The van der Waals surface area contributed by atoms with Crippen LogP contribution in [0.5, 0.6) is 11.5 Å². The van der Waals surface area contributed by atoms with Crippen LogP contribution in [0.3, 0.4) is 0 Å². The molecule has 1 atom stereocenters. The van der Waals surface area contributed by atoms with Gasteiger partial charge in [0.2, 0.25) is 0 Å². The van der Waals surface area contributed by atoms with Crippen LogP contribution in [0.2, 0.25) is 0 Å². The maximum atomic E-state index is 12.0. The number of carbonyl (C=O) groups excluding carboxylic acids is 1.